The van der Waals surface area contributed by atoms with Gasteiger partial charge in [0.1, 0.15) is 29.8 Å². The van der Waals surface area contributed by atoms with Gasteiger partial charge in [-0.25, -0.2) is 4.39 Å². The molecule has 3 aromatic rings. The molecule has 0 unspecified atom stereocenters. The first-order valence-corrected chi connectivity index (χ1v) is 9.95. The first-order valence-electron chi connectivity index (χ1n) is 9.95. The van der Waals surface area contributed by atoms with E-state index in [4.69, 9.17) is 14.2 Å². The van der Waals surface area contributed by atoms with Gasteiger partial charge in [0.25, 0.3) is 0 Å². The van der Waals surface area contributed by atoms with Crippen molar-refractivity contribution in [1.82, 2.24) is 4.90 Å². The maximum absolute atomic E-state index is 13.2. The largest absolute Gasteiger partial charge is 0.496 e. The molecule has 0 saturated carbocycles. The summed E-state index contributed by atoms with van der Waals surface area (Å²) in [5.41, 5.74) is 3.10. The Labute approximate surface area is 179 Å². The van der Waals surface area contributed by atoms with Crippen LogP contribution >= 0.6 is 0 Å². The van der Waals surface area contributed by atoms with Crippen molar-refractivity contribution >= 4 is 11.9 Å². The van der Waals surface area contributed by atoms with Gasteiger partial charge in [-0.05, 0) is 42.0 Å². The monoisotopic (exact) mass is 417 g/mol. The molecule has 0 fully saturated rings. The van der Waals surface area contributed by atoms with Gasteiger partial charge >= 0.3 is 0 Å². The van der Waals surface area contributed by atoms with Crippen molar-refractivity contribution in [3.8, 4) is 17.2 Å². The van der Waals surface area contributed by atoms with Gasteiger partial charge in [-0.3, -0.25) is 9.69 Å². The lowest BCUT2D eigenvalue weighted by Crippen LogP contribution is -2.31. The van der Waals surface area contributed by atoms with E-state index in [2.05, 4.69) is 4.90 Å². The van der Waals surface area contributed by atoms with Crippen LogP contribution in [0.5, 0.6) is 17.2 Å². The number of carbonyl (C=O) groups is 1. The highest BCUT2D eigenvalue weighted by molar-refractivity contribution is 6.15. The second kappa shape index (κ2) is 7.89. The van der Waals surface area contributed by atoms with E-state index in [9.17, 15) is 9.18 Å². The molecule has 0 atom stereocenters. The molecule has 3 aromatic carbocycles. The van der Waals surface area contributed by atoms with Crippen LogP contribution in [0.2, 0.25) is 0 Å². The topological polar surface area (TPSA) is 48.0 Å². The average molecular weight is 417 g/mol. The summed E-state index contributed by atoms with van der Waals surface area (Å²) >= 11 is 0. The first kappa shape index (κ1) is 19.3. The Kier molecular flexibility index (Phi) is 4.92. The normalized spacial score (nSPS) is 16.5. The number of methoxy groups -OCH3 is 1. The van der Waals surface area contributed by atoms with Gasteiger partial charge in [0.15, 0.2) is 5.76 Å². The molecule has 0 bridgehead atoms. The van der Waals surface area contributed by atoms with E-state index in [0.29, 0.717) is 42.4 Å². The molecule has 2 heterocycles. The number of Topliss-reactive ketones (excluding diaryl/α,β-unsaturated/α-hetero) is 1. The molecule has 0 aliphatic carbocycles. The minimum Gasteiger partial charge on any atom is -0.496 e. The fourth-order valence-electron chi connectivity index (χ4n) is 3.89. The van der Waals surface area contributed by atoms with E-state index in [0.717, 1.165) is 16.9 Å². The second-order valence-corrected chi connectivity index (χ2v) is 7.48. The molecule has 5 nitrogen and oxygen atoms in total. The third-order valence-corrected chi connectivity index (χ3v) is 5.44. The maximum atomic E-state index is 13.2. The van der Waals surface area contributed by atoms with Crippen molar-refractivity contribution in [3.05, 3.63) is 94.5 Å². The highest BCUT2D eigenvalue weighted by atomic mass is 19.1. The van der Waals surface area contributed by atoms with Crippen molar-refractivity contribution in [2.75, 3.05) is 13.8 Å². The summed E-state index contributed by atoms with van der Waals surface area (Å²) in [6, 6.07) is 17.3. The van der Waals surface area contributed by atoms with Gasteiger partial charge in [-0.1, -0.05) is 30.3 Å². The number of halogens is 1. The highest BCUT2D eigenvalue weighted by Crippen LogP contribution is 2.42. The number of fused-ring (bicyclic) bond motifs is 3. The lowest BCUT2D eigenvalue weighted by atomic mass is 10.0. The molecular weight excluding hydrogens is 397 g/mol. The Morgan fingerprint density at radius 2 is 1.90 bits per heavy atom. The van der Waals surface area contributed by atoms with Crippen LogP contribution in [0.15, 0.2) is 66.4 Å². The summed E-state index contributed by atoms with van der Waals surface area (Å²) < 4.78 is 30.6. The molecule has 156 valence electrons. The van der Waals surface area contributed by atoms with Crippen LogP contribution in [-0.2, 0) is 13.1 Å². The third-order valence-electron chi connectivity index (χ3n) is 5.44. The summed E-state index contributed by atoms with van der Waals surface area (Å²) in [4.78, 5) is 15.0. The van der Waals surface area contributed by atoms with E-state index in [1.54, 1.807) is 31.4 Å². The molecular formula is C25H20FNO4. The van der Waals surface area contributed by atoms with Crippen molar-refractivity contribution in [2.24, 2.45) is 0 Å². The molecule has 6 heteroatoms. The predicted octanol–water partition coefficient (Wildman–Crippen LogP) is 4.80. The van der Waals surface area contributed by atoms with E-state index >= 15 is 0 Å². The Bertz CT molecular complexity index is 1190. The zero-order valence-electron chi connectivity index (χ0n) is 16.9. The van der Waals surface area contributed by atoms with Crippen molar-refractivity contribution in [2.45, 2.75) is 13.1 Å². The summed E-state index contributed by atoms with van der Waals surface area (Å²) in [7, 11) is 1.65. The van der Waals surface area contributed by atoms with Crippen LogP contribution in [0, 0.1) is 5.82 Å². The number of carbonyl (C=O) groups excluding carboxylic acids is 1. The summed E-state index contributed by atoms with van der Waals surface area (Å²) in [5, 5.41) is 0. The molecule has 0 amide bonds. The standard InChI is InChI=1S/C25H20FNO4/c1-29-21-5-3-2-4-17(21)13-27-14-20-22(30-15-27)11-10-19-24(28)23(31-25(19)20)12-16-6-8-18(26)9-7-16/h2-12H,13-15H2,1H3/b23-12-. The molecule has 2 aliphatic rings. The van der Waals surface area contributed by atoms with Gasteiger partial charge in [0.05, 0.1) is 18.2 Å². The van der Waals surface area contributed by atoms with Crippen LogP contribution in [-0.4, -0.2) is 24.5 Å². The number of para-hydroxylation sites is 1. The number of rotatable bonds is 4. The number of allylic oxidation sites excluding steroid dienone is 1. The highest BCUT2D eigenvalue weighted by Gasteiger charge is 2.33. The molecule has 0 N–H and O–H groups in total. The Morgan fingerprint density at radius 1 is 1.10 bits per heavy atom. The smallest absolute Gasteiger partial charge is 0.231 e. The van der Waals surface area contributed by atoms with Crippen molar-refractivity contribution in [1.29, 1.82) is 0 Å². The minimum atomic E-state index is -0.328. The summed E-state index contributed by atoms with van der Waals surface area (Å²) in [6.45, 7) is 1.64. The maximum Gasteiger partial charge on any atom is 0.231 e. The first-order chi connectivity index (χ1) is 15.1. The van der Waals surface area contributed by atoms with E-state index in [1.165, 1.54) is 12.1 Å². The lowest BCUT2D eigenvalue weighted by Gasteiger charge is -2.30. The zero-order chi connectivity index (χ0) is 21.4. The fourth-order valence-corrected chi connectivity index (χ4v) is 3.89. The molecule has 5 rings (SSSR count). The minimum absolute atomic E-state index is 0.191. The molecule has 0 saturated heterocycles. The van der Waals surface area contributed by atoms with Crippen LogP contribution in [0.25, 0.3) is 6.08 Å². The van der Waals surface area contributed by atoms with Crippen LogP contribution in [0.4, 0.5) is 4.39 Å². The van der Waals surface area contributed by atoms with Gasteiger partial charge in [0.2, 0.25) is 5.78 Å². The Balaban J connectivity index is 1.42. The Hall–Kier alpha value is -3.64. The van der Waals surface area contributed by atoms with Crippen LogP contribution in [0.3, 0.4) is 0 Å². The van der Waals surface area contributed by atoms with Crippen LogP contribution in [0.1, 0.15) is 27.0 Å². The summed E-state index contributed by atoms with van der Waals surface area (Å²) in [6.07, 6.45) is 1.63. The van der Waals surface area contributed by atoms with Gasteiger partial charge in [-0.15, -0.1) is 0 Å². The number of benzene rings is 3. The van der Waals surface area contributed by atoms with E-state index < -0.39 is 0 Å². The van der Waals surface area contributed by atoms with Crippen molar-refractivity contribution in [3.63, 3.8) is 0 Å². The molecule has 0 radical (unpaired) electrons. The SMILES string of the molecule is COc1ccccc1CN1COc2ccc3c(c2C1)O/C(=C\c1ccc(F)cc1)C3=O. The van der Waals surface area contributed by atoms with E-state index in [1.807, 2.05) is 30.3 Å². The number of nitrogens with zero attached hydrogens (tertiary/aromatic N) is 1. The lowest BCUT2D eigenvalue weighted by molar-refractivity contribution is 0.0865. The second-order valence-electron chi connectivity index (χ2n) is 7.48. The molecule has 0 aromatic heterocycles. The number of hydrogen-bond donors (Lipinski definition) is 0. The molecule has 31 heavy (non-hydrogen) atoms. The van der Waals surface area contributed by atoms with E-state index in [-0.39, 0.29) is 17.4 Å². The number of ether oxygens (including phenoxy) is 3. The molecule has 2 aliphatic heterocycles. The fraction of sp³-hybridized carbons (Fsp3) is 0.160. The number of ketones is 1. The number of hydrogen-bond acceptors (Lipinski definition) is 5. The zero-order valence-corrected chi connectivity index (χ0v) is 16.9. The molecule has 0 spiro atoms. The third kappa shape index (κ3) is 3.66. The quantitative estimate of drug-likeness (QED) is 0.571. The van der Waals surface area contributed by atoms with Gasteiger partial charge in [-0.2, -0.15) is 0 Å². The van der Waals surface area contributed by atoms with Gasteiger partial charge < -0.3 is 14.2 Å². The Morgan fingerprint density at radius 3 is 2.71 bits per heavy atom. The summed E-state index contributed by atoms with van der Waals surface area (Å²) in [5.74, 6) is 1.76. The predicted molar refractivity (Wildman–Crippen MR) is 114 cm³/mol. The van der Waals surface area contributed by atoms with Crippen molar-refractivity contribution < 1.29 is 23.4 Å². The average Bonchev–Trinajstić information content (AvgIpc) is 3.11. The van der Waals surface area contributed by atoms with Gasteiger partial charge in [0, 0.05) is 18.7 Å². The van der Waals surface area contributed by atoms with Crippen LogP contribution < -0.4 is 14.2 Å².